The van der Waals surface area contributed by atoms with Crippen molar-refractivity contribution in [2.45, 2.75) is 39.2 Å². The summed E-state index contributed by atoms with van der Waals surface area (Å²) in [7, 11) is 0. The highest BCUT2D eigenvalue weighted by Gasteiger charge is 2.35. The van der Waals surface area contributed by atoms with Gasteiger partial charge in [-0.05, 0) is 25.5 Å². The Labute approximate surface area is 142 Å². The van der Waals surface area contributed by atoms with Gasteiger partial charge in [0.25, 0.3) is 5.91 Å². The molecule has 130 valence electrons. The lowest BCUT2D eigenvalue weighted by atomic mass is 10.1. The largest absolute Gasteiger partial charge is 0.466 e. The van der Waals surface area contributed by atoms with Gasteiger partial charge < -0.3 is 15.0 Å². The van der Waals surface area contributed by atoms with Crippen molar-refractivity contribution < 1.29 is 19.1 Å². The maximum Gasteiger partial charge on any atom is 0.308 e. The van der Waals surface area contributed by atoms with Crippen LogP contribution in [0.15, 0.2) is 24.3 Å². The molecular formula is C18H24N2O4. The molecule has 1 aromatic carbocycles. The number of benzene rings is 1. The molecule has 6 nitrogen and oxygen atoms in total. The molecule has 24 heavy (non-hydrogen) atoms. The normalized spacial score (nSPS) is 17.3. The van der Waals surface area contributed by atoms with Gasteiger partial charge in [0.1, 0.15) is 6.04 Å². The second kappa shape index (κ2) is 8.47. The lowest BCUT2D eigenvalue weighted by Crippen LogP contribution is -2.57. The van der Waals surface area contributed by atoms with E-state index in [-0.39, 0.29) is 18.2 Å². The first kappa shape index (κ1) is 18.0. The number of nitrogens with zero attached hydrogens (tertiary/aromatic N) is 1. The van der Waals surface area contributed by atoms with Crippen LogP contribution in [0, 0.1) is 6.92 Å². The molecule has 0 radical (unpaired) electrons. The average Bonchev–Trinajstić information content (AvgIpc) is 2.57. The number of ether oxygens (including phenoxy) is 1. The van der Waals surface area contributed by atoms with Crippen molar-refractivity contribution in [3.05, 3.63) is 35.4 Å². The van der Waals surface area contributed by atoms with E-state index in [0.717, 1.165) is 18.4 Å². The minimum Gasteiger partial charge on any atom is -0.466 e. The number of unbranched alkanes of at least 4 members (excludes halogenated alkanes) is 1. The van der Waals surface area contributed by atoms with Crippen molar-refractivity contribution in [1.82, 2.24) is 10.2 Å². The van der Waals surface area contributed by atoms with Crippen molar-refractivity contribution >= 4 is 17.8 Å². The van der Waals surface area contributed by atoms with Crippen LogP contribution in [0.2, 0.25) is 0 Å². The highest BCUT2D eigenvalue weighted by atomic mass is 16.5. The summed E-state index contributed by atoms with van der Waals surface area (Å²) in [4.78, 5) is 38.3. The lowest BCUT2D eigenvalue weighted by Gasteiger charge is -2.34. The molecule has 0 bridgehead atoms. The molecule has 1 N–H and O–H groups in total. The molecule has 1 atom stereocenters. The molecule has 6 heteroatoms. The lowest BCUT2D eigenvalue weighted by molar-refractivity contribution is -0.147. The van der Waals surface area contributed by atoms with Gasteiger partial charge in [-0.25, -0.2) is 0 Å². The number of rotatable bonds is 6. The Hall–Kier alpha value is -2.37. The fraction of sp³-hybridized carbons (Fsp3) is 0.500. The number of carbonyl (C=O) groups excluding carboxylic acids is 3. The Balaban J connectivity index is 2.07. The maximum atomic E-state index is 12.7. The van der Waals surface area contributed by atoms with E-state index in [0.29, 0.717) is 25.3 Å². The molecule has 2 rings (SSSR count). The van der Waals surface area contributed by atoms with Crippen LogP contribution in [0.1, 0.15) is 42.1 Å². The van der Waals surface area contributed by atoms with Crippen molar-refractivity contribution in [3.63, 3.8) is 0 Å². The monoisotopic (exact) mass is 332 g/mol. The molecule has 0 aromatic heterocycles. The number of hydrogen-bond acceptors (Lipinski definition) is 4. The Morgan fingerprint density at radius 3 is 2.67 bits per heavy atom. The Bertz CT molecular complexity index is 598. The van der Waals surface area contributed by atoms with Gasteiger partial charge in [-0.15, -0.1) is 0 Å². The number of nitrogens with one attached hydrogen (secondary N) is 1. The van der Waals surface area contributed by atoms with Gasteiger partial charge in [0, 0.05) is 18.7 Å². The molecule has 1 aliphatic heterocycles. The molecule has 1 aromatic rings. The number of carbonyl (C=O) groups is 3. The second-order valence-electron chi connectivity index (χ2n) is 5.95. The van der Waals surface area contributed by atoms with Crippen LogP contribution in [0.5, 0.6) is 0 Å². The first-order chi connectivity index (χ1) is 11.5. The van der Waals surface area contributed by atoms with E-state index < -0.39 is 12.0 Å². The number of piperazine rings is 1. The van der Waals surface area contributed by atoms with Gasteiger partial charge in [-0.1, -0.05) is 31.0 Å². The van der Waals surface area contributed by atoms with Crippen LogP contribution in [-0.4, -0.2) is 48.4 Å². The first-order valence-electron chi connectivity index (χ1n) is 8.34. The van der Waals surface area contributed by atoms with Gasteiger partial charge in [-0.2, -0.15) is 0 Å². The summed E-state index contributed by atoms with van der Waals surface area (Å²) >= 11 is 0. The van der Waals surface area contributed by atoms with E-state index in [9.17, 15) is 14.4 Å². The van der Waals surface area contributed by atoms with Crippen LogP contribution >= 0.6 is 0 Å². The molecule has 1 fully saturated rings. The third-order valence-electron chi connectivity index (χ3n) is 4.01. The van der Waals surface area contributed by atoms with E-state index in [1.54, 1.807) is 12.1 Å². The highest BCUT2D eigenvalue weighted by Crippen LogP contribution is 2.15. The Morgan fingerprint density at radius 1 is 1.29 bits per heavy atom. The molecular weight excluding hydrogens is 308 g/mol. The quantitative estimate of drug-likeness (QED) is 0.635. The molecule has 0 aliphatic carbocycles. The second-order valence-corrected chi connectivity index (χ2v) is 5.95. The van der Waals surface area contributed by atoms with E-state index in [4.69, 9.17) is 4.74 Å². The molecule has 0 saturated carbocycles. The SMILES string of the molecule is CCCCOC(=O)CC1C(=O)NCCN1C(=O)c1ccc(C)cc1. The molecule has 1 aliphatic rings. The smallest absolute Gasteiger partial charge is 0.308 e. The highest BCUT2D eigenvalue weighted by molar-refractivity contribution is 5.99. The summed E-state index contributed by atoms with van der Waals surface area (Å²) in [6.45, 7) is 5.06. The summed E-state index contributed by atoms with van der Waals surface area (Å²) in [5.41, 5.74) is 1.57. The van der Waals surface area contributed by atoms with Crippen molar-refractivity contribution in [2.24, 2.45) is 0 Å². The van der Waals surface area contributed by atoms with Gasteiger partial charge in [0.2, 0.25) is 5.91 Å². The van der Waals surface area contributed by atoms with Gasteiger partial charge in [0.05, 0.1) is 13.0 Å². The van der Waals surface area contributed by atoms with E-state index in [2.05, 4.69) is 5.32 Å². The molecule has 1 unspecified atom stereocenters. The molecule has 0 spiro atoms. The van der Waals surface area contributed by atoms with Crippen molar-refractivity contribution in [2.75, 3.05) is 19.7 Å². The fourth-order valence-electron chi connectivity index (χ4n) is 2.57. The summed E-state index contributed by atoms with van der Waals surface area (Å²) in [5, 5.41) is 2.71. The number of amides is 2. The zero-order chi connectivity index (χ0) is 17.5. The minimum atomic E-state index is -0.818. The maximum absolute atomic E-state index is 12.7. The first-order valence-corrected chi connectivity index (χ1v) is 8.34. The predicted molar refractivity (Wildman–Crippen MR) is 89.5 cm³/mol. The number of hydrogen-bond donors (Lipinski definition) is 1. The summed E-state index contributed by atoms with van der Waals surface area (Å²) < 4.78 is 5.13. The molecule has 1 saturated heterocycles. The predicted octanol–water partition coefficient (Wildman–Crippen LogP) is 1.67. The topological polar surface area (TPSA) is 75.7 Å². The van der Waals surface area contributed by atoms with Gasteiger partial charge in [0.15, 0.2) is 0 Å². The van der Waals surface area contributed by atoms with Crippen LogP contribution in [0.25, 0.3) is 0 Å². The molecule has 2 amide bonds. The standard InChI is InChI=1S/C18H24N2O4/c1-3-4-11-24-16(21)12-15-17(22)19-9-10-20(15)18(23)14-7-5-13(2)6-8-14/h5-8,15H,3-4,9-12H2,1-2H3,(H,19,22). The van der Waals surface area contributed by atoms with Crippen LogP contribution in [-0.2, 0) is 14.3 Å². The number of aryl methyl sites for hydroxylation is 1. The van der Waals surface area contributed by atoms with E-state index in [1.807, 2.05) is 26.0 Å². The third-order valence-corrected chi connectivity index (χ3v) is 4.01. The minimum absolute atomic E-state index is 0.118. The Kier molecular flexibility index (Phi) is 6.35. The van der Waals surface area contributed by atoms with E-state index >= 15 is 0 Å². The van der Waals surface area contributed by atoms with Crippen LogP contribution in [0.4, 0.5) is 0 Å². The van der Waals surface area contributed by atoms with Gasteiger partial charge >= 0.3 is 5.97 Å². The zero-order valence-electron chi connectivity index (χ0n) is 14.2. The summed E-state index contributed by atoms with van der Waals surface area (Å²) in [6, 6.07) is 6.36. The average molecular weight is 332 g/mol. The fourth-order valence-corrected chi connectivity index (χ4v) is 2.57. The van der Waals surface area contributed by atoms with Crippen LogP contribution in [0.3, 0.4) is 0 Å². The van der Waals surface area contributed by atoms with E-state index in [1.165, 1.54) is 4.90 Å². The van der Waals surface area contributed by atoms with Crippen molar-refractivity contribution in [3.8, 4) is 0 Å². The third kappa shape index (κ3) is 4.57. The number of esters is 1. The zero-order valence-corrected chi connectivity index (χ0v) is 14.2. The van der Waals surface area contributed by atoms with Crippen molar-refractivity contribution in [1.29, 1.82) is 0 Å². The summed E-state index contributed by atoms with van der Waals surface area (Å²) in [6.07, 6.45) is 1.59. The molecule has 1 heterocycles. The Morgan fingerprint density at radius 2 is 2.00 bits per heavy atom. The summed E-state index contributed by atoms with van der Waals surface area (Å²) in [5.74, 6) is -1.00. The van der Waals surface area contributed by atoms with Crippen LogP contribution < -0.4 is 5.32 Å². The van der Waals surface area contributed by atoms with Gasteiger partial charge in [-0.3, -0.25) is 14.4 Å².